The summed E-state index contributed by atoms with van der Waals surface area (Å²) in [5.74, 6) is 0.534. The smallest absolute Gasteiger partial charge is 0.254 e. The number of fused-ring (bicyclic) bond motifs is 1. The molecule has 1 saturated heterocycles. The Morgan fingerprint density at radius 3 is 2.56 bits per heavy atom. The first-order valence-electron chi connectivity index (χ1n) is 12.0. The number of phenols is 1. The number of aromatic nitrogens is 2. The molecule has 36 heavy (non-hydrogen) atoms. The number of H-pyrrole nitrogens is 1. The van der Waals surface area contributed by atoms with Crippen LogP contribution in [0, 0.1) is 6.92 Å². The number of hydrogen-bond donors (Lipinski definition) is 3. The number of imidazole rings is 1. The predicted octanol–water partition coefficient (Wildman–Crippen LogP) is 5.18. The molecule has 0 spiro atoms. The topological polar surface area (TPSA) is 98.3 Å². The molecule has 3 aromatic carbocycles. The minimum atomic E-state index is -0.459. The molecule has 8 heteroatoms. The molecule has 5 rings (SSSR count). The average molecular weight is 503 g/mol. The Kier molecular flexibility index (Phi) is 6.65. The molecule has 7 nitrogen and oxygen atoms in total. The third kappa shape index (κ3) is 5.06. The molecule has 1 fully saturated rings. The maximum absolute atomic E-state index is 13.3. The summed E-state index contributed by atoms with van der Waals surface area (Å²) in [6.45, 7) is 3.42. The quantitative estimate of drug-likeness (QED) is 0.338. The van der Waals surface area contributed by atoms with Gasteiger partial charge in [0.05, 0.1) is 17.1 Å². The molecular formula is C28H27ClN4O3. The highest BCUT2D eigenvalue weighted by Gasteiger charge is 2.23. The number of nitrogens with zero attached hydrogens (tertiary/aromatic N) is 2. The lowest BCUT2D eigenvalue weighted by molar-refractivity contribution is 0.0791. The number of halogens is 1. The summed E-state index contributed by atoms with van der Waals surface area (Å²) < 4.78 is 0. The van der Waals surface area contributed by atoms with Gasteiger partial charge in [-0.05, 0) is 85.8 Å². The van der Waals surface area contributed by atoms with E-state index in [9.17, 15) is 14.7 Å². The largest absolute Gasteiger partial charge is 0.508 e. The summed E-state index contributed by atoms with van der Waals surface area (Å²) in [7, 11) is 0. The van der Waals surface area contributed by atoms with Crippen molar-refractivity contribution in [3.63, 3.8) is 0 Å². The van der Waals surface area contributed by atoms with Crippen LogP contribution in [0.3, 0.4) is 0 Å². The first kappa shape index (κ1) is 23.9. The molecule has 4 aromatic rings. The molecule has 3 N–H and O–H groups in total. The minimum Gasteiger partial charge on any atom is -0.508 e. The maximum atomic E-state index is 13.3. The molecule has 1 aliphatic heterocycles. The SMILES string of the molecule is Cc1cc(C(=O)NC(Cc2ccc(O)cc2)c2nc3cc(Cl)ccc3[nH]2)ccc1C(=O)N1CCCC1. The van der Waals surface area contributed by atoms with Crippen LogP contribution in [0.1, 0.15) is 56.6 Å². The fourth-order valence-corrected chi connectivity index (χ4v) is 4.79. The Hall–Kier alpha value is -3.84. The van der Waals surface area contributed by atoms with Crippen molar-refractivity contribution in [2.75, 3.05) is 13.1 Å². The number of hydrogen-bond acceptors (Lipinski definition) is 4. The van der Waals surface area contributed by atoms with Crippen LogP contribution in [-0.4, -0.2) is 44.9 Å². The molecule has 0 radical (unpaired) electrons. The highest BCUT2D eigenvalue weighted by molar-refractivity contribution is 6.31. The molecule has 2 heterocycles. The lowest BCUT2D eigenvalue weighted by Gasteiger charge is -2.19. The van der Waals surface area contributed by atoms with E-state index in [-0.39, 0.29) is 17.6 Å². The van der Waals surface area contributed by atoms with Gasteiger partial charge < -0.3 is 20.3 Å². The highest BCUT2D eigenvalue weighted by Crippen LogP contribution is 2.24. The Morgan fingerprint density at radius 1 is 1.08 bits per heavy atom. The second kappa shape index (κ2) is 10.0. The van der Waals surface area contributed by atoms with E-state index in [4.69, 9.17) is 11.6 Å². The van der Waals surface area contributed by atoms with E-state index in [0.717, 1.165) is 42.6 Å². The number of aromatic hydroxyl groups is 1. The molecule has 0 bridgehead atoms. The number of amides is 2. The van der Waals surface area contributed by atoms with Gasteiger partial charge in [0, 0.05) is 29.2 Å². The summed E-state index contributed by atoms with van der Waals surface area (Å²) in [5, 5.41) is 13.3. The minimum absolute atomic E-state index is 0.0168. The van der Waals surface area contributed by atoms with Gasteiger partial charge in [-0.15, -0.1) is 0 Å². The number of aromatic amines is 1. The van der Waals surface area contributed by atoms with Gasteiger partial charge in [-0.3, -0.25) is 9.59 Å². The molecule has 0 aliphatic carbocycles. The van der Waals surface area contributed by atoms with E-state index in [1.165, 1.54) is 0 Å². The van der Waals surface area contributed by atoms with Crippen LogP contribution in [0.15, 0.2) is 60.7 Å². The van der Waals surface area contributed by atoms with Crippen LogP contribution >= 0.6 is 11.6 Å². The Morgan fingerprint density at radius 2 is 1.83 bits per heavy atom. The molecule has 1 aromatic heterocycles. The second-order valence-corrected chi connectivity index (χ2v) is 9.65. The van der Waals surface area contributed by atoms with Crippen molar-refractivity contribution >= 4 is 34.4 Å². The summed E-state index contributed by atoms with van der Waals surface area (Å²) in [5.41, 5.74) is 4.33. The Bertz CT molecular complexity index is 1420. The zero-order chi connectivity index (χ0) is 25.2. The average Bonchev–Trinajstić information content (AvgIpc) is 3.54. The Labute approximate surface area is 214 Å². The standard InChI is InChI=1S/C28H27ClN4O3/c1-17-14-19(6-10-22(17)28(36)33-12-2-3-13-33)27(35)32-25(15-18-4-8-21(34)9-5-18)26-30-23-11-7-20(29)16-24(23)31-26/h4-11,14,16,25,34H,2-3,12-13,15H2,1H3,(H,30,31)(H,32,35). The lowest BCUT2D eigenvalue weighted by Crippen LogP contribution is -2.31. The van der Waals surface area contributed by atoms with Crippen LogP contribution in [0.4, 0.5) is 0 Å². The van der Waals surface area contributed by atoms with Crippen molar-refractivity contribution in [2.45, 2.75) is 32.2 Å². The van der Waals surface area contributed by atoms with Crippen LogP contribution in [-0.2, 0) is 6.42 Å². The van der Waals surface area contributed by atoms with Gasteiger partial charge in [-0.2, -0.15) is 0 Å². The van der Waals surface area contributed by atoms with Gasteiger partial charge in [0.1, 0.15) is 11.6 Å². The molecule has 2 amide bonds. The third-order valence-electron chi connectivity index (χ3n) is 6.59. The summed E-state index contributed by atoms with van der Waals surface area (Å²) in [4.78, 5) is 36.0. The molecule has 1 aliphatic rings. The number of carbonyl (C=O) groups excluding carboxylic acids is 2. The van der Waals surface area contributed by atoms with Gasteiger partial charge >= 0.3 is 0 Å². The van der Waals surface area contributed by atoms with Crippen molar-refractivity contribution in [2.24, 2.45) is 0 Å². The van der Waals surface area contributed by atoms with Gasteiger partial charge in [0.25, 0.3) is 11.8 Å². The number of rotatable bonds is 6. The molecular weight excluding hydrogens is 476 g/mol. The van der Waals surface area contributed by atoms with Crippen molar-refractivity contribution < 1.29 is 14.7 Å². The zero-order valence-corrected chi connectivity index (χ0v) is 20.7. The normalized spacial score (nSPS) is 14.2. The van der Waals surface area contributed by atoms with Gasteiger partial charge in [0.2, 0.25) is 0 Å². The van der Waals surface area contributed by atoms with Crippen molar-refractivity contribution in [1.82, 2.24) is 20.2 Å². The van der Waals surface area contributed by atoms with Gasteiger partial charge in [-0.25, -0.2) is 4.98 Å². The van der Waals surface area contributed by atoms with Crippen LogP contribution in [0.25, 0.3) is 11.0 Å². The first-order valence-corrected chi connectivity index (χ1v) is 12.4. The predicted molar refractivity (Wildman–Crippen MR) is 139 cm³/mol. The zero-order valence-electron chi connectivity index (χ0n) is 19.9. The number of aryl methyl sites for hydroxylation is 1. The number of nitrogens with one attached hydrogen (secondary N) is 2. The number of carbonyl (C=O) groups is 2. The van der Waals surface area contributed by atoms with E-state index >= 15 is 0 Å². The van der Waals surface area contributed by atoms with E-state index in [1.807, 2.05) is 30.0 Å². The van der Waals surface area contributed by atoms with Crippen molar-refractivity contribution in [3.05, 3.63) is 93.8 Å². The molecule has 1 unspecified atom stereocenters. The van der Waals surface area contributed by atoms with Crippen molar-refractivity contribution in [1.29, 1.82) is 0 Å². The first-order chi connectivity index (χ1) is 17.4. The highest BCUT2D eigenvalue weighted by atomic mass is 35.5. The Balaban J connectivity index is 1.41. The van der Waals surface area contributed by atoms with E-state index in [1.54, 1.807) is 42.5 Å². The van der Waals surface area contributed by atoms with Gasteiger partial charge in [-0.1, -0.05) is 23.7 Å². The van der Waals surface area contributed by atoms with Crippen molar-refractivity contribution in [3.8, 4) is 5.75 Å². The summed E-state index contributed by atoms with van der Waals surface area (Å²) in [6.07, 6.45) is 2.52. The fourth-order valence-electron chi connectivity index (χ4n) is 4.62. The van der Waals surface area contributed by atoms with Crippen LogP contribution in [0.2, 0.25) is 5.02 Å². The second-order valence-electron chi connectivity index (χ2n) is 9.21. The monoisotopic (exact) mass is 502 g/mol. The number of phenolic OH excluding ortho intramolecular Hbond substituents is 1. The summed E-state index contributed by atoms with van der Waals surface area (Å²) in [6, 6.07) is 17.0. The molecule has 0 saturated carbocycles. The number of benzene rings is 3. The van der Waals surface area contributed by atoms with E-state index in [2.05, 4.69) is 15.3 Å². The van der Waals surface area contributed by atoms with Crippen LogP contribution < -0.4 is 5.32 Å². The maximum Gasteiger partial charge on any atom is 0.254 e. The van der Waals surface area contributed by atoms with E-state index < -0.39 is 6.04 Å². The van der Waals surface area contributed by atoms with Crippen LogP contribution in [0.5, 0.6) is 5.75 Å². The van der Waals surface area contributed by atoms with Gasteiger partial charge in [0.15, 0.2) is 0 Å². The van der Waals surface area contributed by atoms with E-state index in [0.29, 0.717) is 33.9 Å². The molecule has 184 valence electrons. The summed E-state index contributed by atoms with van der Waals surface area (Å²) >= 11 is 6.13. The number of likely N-dealkylation sites (tertiary alicyclic amines) is 1. The molecule has 1 atom stereocenters. The lowest BCUT2D eigenvalue weighted by atomic mass is 10.0. The third-order valence-corrected chi connectivity index (χ3v) is 6.82. The fraction of sp³-hybridized carbons (Fsp3) is 0.250.